The number of hydrogen-bond acceptors (Lipinski definition) is 2. The fourth-order valence-corrected chi connectivity index (χ4v) is 3.28. The van der Waals surface area contributed by atoms with E-state index >= 15 is 0 Å². The van der Waals surface area contributed by atoms with E-state index in [1.54, 1.807) is 13.0 Å². The molecule has 1 heterocycles. The molecule has 0 radical (unpaired) electrons. The van der Waals surface area contributed by atoms with Gasteiger partial charge in [-0.1, -0.05) is 38.4 Å². The molecule has 120 valence electrons. The van der Waals surface area contributed by atoms with Crippen LogP contribution in [0.3, 0.4) is 0 Å². The van der Waals surface area contributed by atoms with Gasteiger partial charge in [0.2, 0.25) is 0 Å². The first-order valence-corrected chi connectivity index (χ1v) is 7.59. The molecule has 1 N–H and O–H groups in total. The SMILES string of the molecule is Cc1ccc(Cl)c([C@@H](N2CCNCC2)C(C)(C)C)c1F.Cl. The summed E-state index contributed by atoms with van der Waals surface area (Å²) in [4.78, 5) is 2.35. The smallest absolute Gasteiger partial charge is 0.132 e. The summed E-state index contributed by atoms with van der Waals surface area (Å²) in [5, 5.41) is 3.88. The minimum Gasteiger partial charge on any atom is -0.314 e. The molecule has 0 bridgehead atoms. The first-order chi connectivity index (χ1) is 9.32. The molecule has 0 saturated carbocycles. The molecule has 1 aromatic rings. The van der Waals surface area contributed by atoms with E-state index in [4.69, 9.17) is 11.6 Å². The molecule has 1 aliphatic heterocycles. The van der Waals surface area contributed by atoms with Crippen molar-refractivity contribution in [1.29, 1.82) is 0 Å². The van der Waals surface area contributed by atoms with E-state index in [0.717, 1.165) is 26.2 Å². The third kappa shape index (κ3) is 4.10. The average molecular weight is 335 g/mol. The van der Waals surface area contributed by atoms with Gasteiger partial charge in [0, 0.05) is 42.8 Å². The van der Waals surface area contributed by atoms with E-state index in [9.17, 15) is 4.39 Å². The number of rotatable bonds is 2. The van der Waals surface area contributed by atoms with E-state index in [0.29, 0.717) is 16.1 Å². The second-order valence-electron chi connectivity index (χ2n) is 6.65. The molecule has 2 nitrogen and oxygen atoms in total. The summed E-state index contributed by atoms with van der Waals surface area (Å²) in [5.74, 6) is -0.157. The number of aryl methyl sites for hydroxylation is 1. The zero-order valence-corrected chi connectivity index (χ0v) is 14.7. The predicted octanol–water partition coefficient (Wildman–Crippen LogP) is 4.20. The fourth-order valence-electron chi connectivity index (χ4n) is 3.03. The molecule has 0 aromatic heterocycles. The number of piperazine rings is 1. The van der Waals surface area contributed by atoms with Crippen LogP contribution in [-0.4, -0.2) is 31.1 Å². The molecule has 0 amide bonds. The fraction of sp³-hybridized carbons (Fsp3) is 0.625. The maximum absolute atomic E-state index is 14.7. The lowest BCUT2D eigenvalue weighted by Crippen LogP contribution is -2.48. The van der Waals surface area contributed by atoms with Gasteiger partial charge < -0.3 is 5.32 Å². The maximum Gasteiger partial charge on any atom is 0.132 e. The Morgan fingerprint density at radius 2 is 1.81 bits per heavy atom. The second-order valence-corrected chi connectivity index (χ2v) is 7.05. The summed E-state index contributed by atoms with van der Waals surface area (Å²) in [6, 6.07) is 3.56. The Labute approximate surface area is 138 Å². The normalized spacial score (nSPS) is 18.2. The molecule has 21 heavy (non-hydrogen) atoms. The van der Waals surface area contributed by atoms with Gasteiger partial charge in [0.25, 0.3) is 0 Å². The Hall–Kier alpha value is -0.350. The van der Waals surface area contributed by atoms with Gasteiger partial charge in [-0.15, -0.1) is 12.4 Å². The van der Waals surface area contributed by atoms with Gasteiger partial charge in [0.1, 0.15) is 5.82 Å². The molecule has 1 fully saturated rings. The lowest BCUT2D eigenvalue weighted by Gasteiger charge is -2.43. The van der Waals surface area contributed by atoms with Crippen LogP contribution in [0, 0.1) is 18.2 Å². The van der Waals surface area contributed by atoms with Gasteiger partial charge >= 0.3 is 0 Å². The van der Waals surface area contributed by atoms with Crippen LogP contribution in [-0.2, 0) is 0 Å². The largest absolute Gasteiger partial charge is 0.314 e. The lowest BCUT2D eigenvalue weighted by molar-refractivity contribution is 0.0834. The van der Waals surface area contributed by atoms with Gasteiger partial charge in [0.15, 0.2) is 0 Å². The van der Waals surface area contributed by atoms with Gasteiger partial charge in [-0.25, -0.2) is 4.39 Å². The minimum atomic E-state index is -0.157. The highest BCUT2D eigenvalue weighted by atomic mass is 35.5. The average Bonchev–Trinajstić information content (AvgIpc) is 2.39. The second kappa shape index (κ2) is 7.28. The van der Waals surface area contributed by atoms with Crippen LogP contribution in [0.5, 0.6) is 0 Å². The van der Waals surface area contributed by atoms with Crippen molar-refractivity contribution in [3.8, 4) is 0 Å². The summed E-state index contributed by atoms with van der Waals surface area (Å²) >= 11 is 6.34. The standard InChI is InChI=1S/C16H24ClFN2.ClH/c1-11-5-6-12(17)13(14(11)18)15(16(2,3)4)20-9-7-19-8-10-20;/h5-6,15,19H,7-10H2,1-4H3;1H/t15-;/m1./s1. The monoisotopic (exact) mass is 334 g/mol. The molecular weight excluding hydrogens is 310 g/mol. The first-order valence-electron chi connectivity index (χ1n) is 7.21. The van der Waals surface area contributed by atoms with E-state index in [1.165, 1.54) is 0 Å². The highest BCUT2D eigenvalue weighted by molar-refractivity contribution is 6.31. The summed E-state index contributed by atoms with van der Waals surface area (Å²) in [6.07, 6.45) is 0. The summed E-state index contributed by atoms with van der Waals surface area (Å²) in [5.41, 5.74) is 1.24. The molecule has 1 saturated heterocycles. The Kier molecular flexibility index (Phi) is 6.48. The Balaban J connectivity index is 0.00000220. The summed E-state index contributed by atoms with van der Waals surface area (Å²) in [6.45, 7) is 12.0. The minimum absolute atomic E-state index is 0. The summed E-state index contributed by atoms with van der Waals surface area (Å²) < 4.78 is 14.7. The van der Waals surface area contributed by atoms with Crippen molar-refractivity contribution < 1.29 is 4.39 Å². The van der Waals surface area contributed by atoms with Crippen LogP contribution in [0.4, 0.5) is 4.39 Å². The number of hydrogen-bond donors (Lipinski definition) is 1. The van der Waals surface area contributed by atoms with Gasteiger partial charge in [-0.2, -0.15) is 0 Å². The topological polar surface area (TPSA) is 15.3 Å². The van der Waals surface area contributed by atoms with Gasteiger partial charge in [-0.3, -0.25) is 4.90 Å². The van der Waals surface area contributed by atoms with E-state index in [1.807, 2.05) is 6.07 Å². The highest BCUT2D eigenvalue weighted by Gasteiger charge is 2.36. The molecule has 0 unspecified atom stereocenters. The molecule has 1 atom stereocenters. The third-order valence-electron chi connectivity index (χ3n) is 3.93. The van der Waals surface area contributed by atoms with Crippen LogP contribution < -0.4 is 5.32 Å². The van der Waals surface area contributed by atoms with Crippen LogP contribution >= 0.6 is 24.0 Å². The van der Waals surface area contributed by atoms with E-state index in [-0.39, 0.29) is 29.7 Å². The van der Waals surface area contributed by atoms with E-state index < -0.39 is 0 Å². The van der Waals surface area contributed by atoms with Gasteiger partial charge in [-0.05, 0) is 24.0 Å². The van der Waals surface area contributed by atoms with Crippen molar-refractivity contribution in [1.82, 2.24) is 10.2 Å². The van der Waals surface area contributed by atoms with Gasteiger partial charge in [0.05, 0.1) is 0 Å². The molecule has 1 aliphatic rings. The van der Waals surface area contributed by atoms with Crippen molar-refractivity contribution in [3.63, 3.8) is 0 Å². The Bertz CT molecular complexity index is 480. The van der Waals surface area contributed by atoms with E-state index in [2.05, 4.69) is 31.0 Å². The molecular formula is C16H25Cl2FN2. The maximum atomic E-state index is 14.7. The number of nitrogens with zero attached hydrogens (tertiary/aromatic N) is 1. The Morgan fingerprint density at radius 3 is 2.33 bits per heavy atom. The molecule has 2 rings (SSSR count). The summed E-state index contributed by atoms with van der Waals surface area (Å²) in [7, 11) is 0. The zero-order valence-electron chi connectivity index (χ0n) is 13.2. The van der Waals surface area contributed by atoms with Crippen LogP contribution in [0.25, 0.3) is 0 Å². The van der Waals surface area contributed by atoms with Crippen LogP contribution in [0.1, 0.15) is 37.9 Å². The molecule has 5 heteroatoms. The van der Waals surface area contributed by atoms with Crippen LogP contribution in [0.15, 0.2) is 12.1 Å². The molecule has 0 spiro atoms. The van der Waals surface area contributed by atoms with Crippen molar-refractivity contribution in [2.24, 2.45) is 5.41 Å². The predicted molar refractivity (Wildman–Crippen MR) is 90.0 cm³/mol. The molecule has 1 aromatic carbocycles. The van der Waals surface area contributed by atoms with Crippen LogP contribution in [0.2, 0.25) is 5.02 Å². The lowest BCUT2D eigenvalue weighted by atomic mass is 9.80. The van der Waals surface area contributed by atoms with Crippen molar-refractivity contribution in [3.05, 3.63) is 34.1 Å². The zero-order chi connectivity index (χ0) is 14.9. The third-order valence-corrected chi connectivity index (χ3v) is 4.26. The first kappa shape index (κ1) is 18.7. The number of halogens is 3. The number of benzene rings is 1. The van der Waals surface area contributed by atoms with Crippen molar-refractivity contribution >= 4 is 24.0 Å². The highest BCUT2D eigenvalue weighted by Crippen LogP contribution is 2.42. The Morgan fingerprint density at radius 1 is 1.24 bits per heavy atom. The molecule has 0 aliphatic carbocycles. The quantitative estimate of drug-likeness (QED) is 0.871. The van der Waals surface area contributed by atoms with Crippen molar-refractivity contribution in [2.45, 2.75) is 33.7 Å². The van der Waals surface area contributed by atoms with Crippen molar-refractivity contribution in [2.75, 3.05) is 26.2 Å². The number of nitrogens with one attached hydrogen (secondary N) is 1.